The van der Waals surface area contributed by atoms with Gasteiger partial charge in [-0.1, -0.05) is 0 Å². The molecule has 2 rings (SSSR count). The highest BCUT2D eigenvalue weighted by Gasteiger charge is 2.18. The lowest BCUT2D eigenvalue weighted by molar-refractivity contribution is -0.143. The van der Waals surface area contributed by atoms with Gasteiger partial charge in [-0.3, -0.25) is 9.59 Å². The number of likely N-dealkylation sites (N-methyl/N-ethyl adjacent to an activating group) is 1. The first-order valence-electron chi connectivity index (χ1n) is 7.28. The molecular formula is C14H22N4O3. The molecule has 1 N–H and O–H groups in total. The van der Waals surface area contributed by atoms with Crippen LogP contribution in [0.25, 0.3) is 0 Å². The van der Waals surface area contributed by atoms with E-state index in [9.17, 15) is 9.59 Å². The van der Waals surface area contributed by atoms with Gasteiger partial charge in [-0.2, -0.15) is 0 Å². The number of nitrogens with one attached hydrogen (secondary N) is 1. The van der Waals surface area contributed by atoms with Crippen molar-refractivity contribution in [2.45, 2.75) is 19.8 Å². The number of carbonyl (C=O) groups is 1. The van der Waals surface area contributed by atoms with E-state index in [4.69, 9.17) is 4.74 Å². The molecule has 1 aliphatic heterocycles. The highest BCUT2D eigenvalue weighted by atomic mass is 16.5. The number of aryl methyl sites for hydroxylation is 1. The van der Waals surface area contributed by atoms with Crippen LogP contribution in [0.4, 0.5) is 5.82 Å². The van der Waals surface area contributed by atoms with Crippen molar-refractivity contribution in [3.05, 3.63) is 22.2 Å². The van der Waals surface area contributed by atoms with Crippen molar-refractivity contribution in [1.82, 2.24) is 14.9 Å². The van der Waals surface area contributed by atoms with Crippen molar-refractivity contribution in [3.63, 3.8) is 0 Å². The average molecular weight is 294 g/mol. The zero-order valence-electron chi connectivity index (χ0n) is 12.6. The summed E-state index contributed by atoms with van der Waals surface area (Å²) >= 11 is 0. The fraction of sp³-hybridized carbons (Fsp3) is 0.643. The molecule has 0 atom stereocenters. The second-order valence-electron chi connectivity index (χ2n) is 5.14. The number of H-pyrrole nitrogens is 1. The summed E-state index contributed by atoms with van der Waals surface area (Å²) in [5.41, 5.74) is 0.524. The predicted octanol–water partition coefficient (Wildman–Crippen LogP) is 0.0174. The molecule has 1 saturated heterocycles. The van der Waals surface area contributed by atoms with Crippen molar-refractivity contribution in [3.8, 4) is 0 Å². The summed E-state index contributed by atoms with van der Waals surface area (Å²) in [5.74, 6) is 0.205. The summed E-state index contributed by atoms with van der Waals surface area (Å²) in [4.78, 5) is 34.6. The lowest BCUT2D eigenvalue weighted by atomic mass is 10.2. The second-order valence-corrected chi connectivity index (χ2v) is 5.14. The number of aromatic nitrogens is 2. The summed E-state index contributed by atoms with van der Waals surface area (Å²) in [7, 11) is 2.06. The summed E-state index contributed by atoms with van der Waals surface area (Å²) < 4.78 is 4.89. The van der Waals surface area contributed by atoms with E-state index < -0.39 is 0 Å². The molecule has 116 valence electrons. The number of esters is 1. The fourth-order valence-electron chi connectivity index (χ4n) is 2.26. The third kappa shape index (κ3) is 4.29. The molecule has 0 saturated carbocycles. The number of anilines is 1. The van der Waals surface area contributed by atoms with Crippen molar-refractivity contribution in [1.29, 1.82) is 0 Å². The fourth-order valence-corrected chi connectivity index (χ4v) is 2.26. The molecular weight excluding hydrogens is 272 g/mol. The molecule has 0 bridgehead atoms. The third-order valence-corrected chi connectivity index (χ3v) is 3.52. The van der Waals surface area contributed by atoms with E-state index >= 15 is 0 Å². The largest absolute Gasteiger partial charge is 0.466 e. The van der Waals surface area contributed by atoms with Gasteiger partial charge in [0.1, 0.15) is 0 Å². The molecule has 0 amide bonds. The first kappa shape index (κ1) is 15.5. The molecule has 1 aliphatic rings. The SMILES string of the molecule is CCOC(=O)CCc1c[nH]c(=O)c(N2CCN(C)CC2)n1. The Morgan fingerprint density at radius 3 is 2.76 bits per heavy atom. The van der Waals surface area contributed by atoms with E-state index in [2.05, 4.69) is 21.9 Å². The van der Waals surface area contributed by atoms with Gasteiger partial charge in [-0.05, 0) is 14.0 Å². The van der Waals surface area contributed by atoms with Crippen molar-refractivity contribution < 1.29 is 9.53 Å². The topological polar surface area (TPSA) is 78.5 Å². The number of hydrogen-bond acceptors (Lipinski definition) is 6. The second kappa shape index (κ2) is 7.21. The standard InChI is InChI=1S/C14H22N4O3/c1-3-21-12(19)5-4-11-10-15-14(20)13(16-11)18-8-6-17(2)7-9-18/h10H,3-9H2,1-2H3,(H,15,20). The van der Waals surface area contributed by atoms with Crippen molar-refractivity contribution >= 4 is 11.8 Å². The van der Waals surface area contributed by atoms with Crippen LogP contribution >= 0.6 is 0 Å². The van der Waals surface area contributed by atoms with E-state index in [0.29, 0.717) is 24.5 Å². The van der Waals surface area contributed by atoms with Crippen LogP contribution in [0.15, 0.2) is 11.0 Å². The van der Waals surface area contributed by atoms with Crippen LogP contribution in [0.3, 0.4) is 0 Å². The van der Waals surface area contributed by atoms with Gasteiger partial charge in [0.05, 0.1) is 18.7 Å². The number of piperazine rings is 1. The molecule has 0 unspecified atom stereocenters. The van der Waals surface area contributed by atoms with E-state index in [1.165, 1.54) is 0 Å². The molecule has 0 radical (unpaired) electrons. The lowest BCUT2D eigenvalue weighted by Gasteiger charge is -2.32. The van der Waals surface area contributed by atoms with Crippen molar-refractivity contribution in [2.75, 3.05) is 44.7 Å². The molecule has 21 heavy (non-hydrogen) atoms. The third-order valence-electron chi connectivity index (χ3n) is 3.52. The maximum atomic E-state index is 11.9. The predicted molar refractivity (Wildman–Crippen MR) is 79.5 cm³/mol. The Kier molecular flexibility index (Phi) is 5.32. The minimum Gasteiger partial charge on any atom is -0.466 e. The van der Waals surface area contributed by atoms with Gasteiger partial charge in [-0.25, -0.2) is 4.98 Å². The molecule has 7 nitrogen and oxygen atoms in total. The Morgan fingerprint density at radius 1 is 1.38 bits per heavy atom. The zero-order valence-corrected chi connectivity index (χ0v) is 12.6. The summed E-state index contributed by atoms with van der Waals surface area (Å²) in [6, 6.07) is 0. The van der Waals surface area contributed by atoms with E-state index in [0.717, 1.165) is 26.2 Å². The number of carbonyl (C=O) groups excluding carboxylic acids is 1. The quantitative estimate of drug-likeness (QED) is 0.771. The van der Waals surface area contributed by atoms with Gasteiger partial charge >= 0.3 is 5.97 Å². The Labute approximate surface area is 123 Å². The van der Waals surface area contributed by atoms with Gasteiger partial charge in [-0.15, -0.1) is 0 Å². The Hall–Kier alpha value is -1.89. The monoisotopic (exact) mass is 294 g/mol. The van der Waals surface area contributed by atoms with Crippen molar-refractivity contribution in [2.24, 2.45) is 0 Å². The first-order valence-corrected chi connectivity index (χ1v) is 7.28. The molecule has 0 spiro atoms. The number of aromatic amines is 1. The lowest BCUT2D eigenvalue weighted by Crippen LogP contribution is -2.46. The van der Waals surface area contributed by atoms with E-state index in [1.54, 1.807) is 13.1 Å². The van der Waals surface area contributed by atoms with Crippen LogP contribution in [0.2, 0.25) is 0 Å². The number of hydrogen-bond donors (Lipinski definition) is 1. The van der Waals surface area contributed by atoms with Crippen LogP contribution in [-0.4, -0.2) is 60.7 Å². The Balaban J connectivity index is 2.03. The summed E-state index contributed by atoms with van der Waals surface area (Å²) in [5, 5.41) is 0. The van der Waals surface area contributed by atoms with Gasteiger partial charge in [0, 0.05) is 38.8 Å². The van der Waals surface area contributed by atoms with Crippen LogP contribution in [0.1, 0.15) is 19.0 Å². The van der Waals surface area contributed by atoms with Crippen LogP contribution in [0, 0.1) is 0 Å². The highest BCUT2D eigenvalue weighted by molar-refractivity contribution is 5.69. The van der Waals surface area contributed by atoms with Crippen LogP contribution in [0.5, 0.6) is 0 Å². The van der Waals surface area contributed by atoms with Gasteiger partial charge < -0.3 is 19.5 Å². The van der Waals surface area contributed by atoms with Gasteiger partial charge in [0.15, 0.2) is 5.82 Å². The summed E-state index contributed by atoms with van der Waals surface area (Å²) in [6.45, 7) is 5.55. The van der Waals surface area contributed by atoms with Gasteiger partial charge in [0.25, 0.3) is 5.56 Å². The molecule has 0 aliphatic carbocycles. The Morgan fingerprint density at radius 2 is 2.10 bits per heavy atom. The number of nitrogens with zero attached hydrogens (tertiary/aromatic N) is 3. The Bertz CT molecular complexity index is 535. The maximum Gasteiger partial charge on any atom is 0.306 e. The average Bonchev–Trinajstić information content (AvgIpc) is 2.48. The van der Waals surface area contributed by atoms with Gasteiger partial charge in [0.2, 0.25) is 0 Å². The van der Waals surface area contributed by atoms with Crippen LogP contribution < -0.4 is 10.5 Å². The molecule has 1 aromatic rings. The molecule has 1 fully saturated rings. The smallest absolute Gasteiger partial charge is 0.306 e. The normalized spacial score (nSPS) is 16.0. The zero-order chi connectivity index (χ0) is 15.2. The minimum atomic E-state index is -0.244. The summed E-state index contributed by atoms with van der Waals surface area (Å²) in [6.07, 6.45) is 2.31. The molecule has 0 aromatic carbocycles. The maximum absolute atomic E-state index is 11.9. The first-order chi connectivity index (χ1) is 10.1. The minimum absolute atomic E-state index is 0.181. The van der Waals surface area contributed by atoms with Crippen LogP contribution in [-0.2, 0) is 16.0 Å². The molecule has 2 heterocycles. The highest BCUT2D eigenvalue weighted by Crippen LogP contribution is 2.09. The number of ether oxygens (including phenoxy) is 1. The number of rotatable bonds is 5. The van der Waals surface area contributed by atoms with E-state index in [-0.39, 0.29) is 17.9 Å². The molecule has 7 heteroatoms. The molecule has 1 aromatic heterocycles. The van der Waals surface area contributed by atoms with E-state index in [1.807, 2.05) is 4.90 Å².